The summed E-state index contributed by atoms with van der Waals surface area (Å²) in [5.41, 5.74) is 0.771. The first kappa shape index (κ1) is 14.3. The van der Waals surface area contributed by atoms with E-state index in [2.05, 4.69) is 0 Å². The third kappa shape index (κ3) is 3.67. The molecule has 3 nitrogen and oxygen atoms in total. The molecule has 1 aliphatic heterocycles. The summed E-state index contributed by atoms with van der Waals surface area (Å²) in [6.45, 7) is 1.84. The van der Waals surface area contributed by atoms with E-state index >= 15 is 0 Å². The van der Waals surface area contributed by atoms with Gasteiger partial charge in [-0.1, -0.05) is 11.6 Å². The zero-order chi connectivity index (χ0) is 13.8. The second kappa shape index (κ2) is 6.35. The number of hydrogen-bond acceptors (Lipinski definition) is 2. The normalized spacial score (nSPS) is 19.2. The average molecular weight is 286 g/mol. The summed E-state index contributed by atoms with van der Waals surface area (Å²) in [4.78, 5) is 13.6. The van der Waals surface area contributed by atoms with Crippen LogP contribution in [0.1, 0.15) is 12.0 Å². The highest BCUT2D eigenvalue weighted by Gasteiger charge is 2.29. The molecule has 1 aromatic carbocycles. The number of benzene rings is 1. The van der Waals surface area contributed by atoms with Crippen LogP contribution in [-0.2, 0) is 16.0 Å². The Morgan fingerprint density at radius 3 is 3.05 bits per heavy atom. The molecule has 1 atom stereocenters. The smallest absolute Gasteiger partial charge is 0.223 e. The zero-order valence-corrected chi connectivity index (χ0v) is 11.6. The van der Waals surface area contributed by atoms with Gasteiger partial charge in [0.05, 0.1) is 6.61 Å². The summed E-state index contributed by atoms with van der Waals surface area (Å²) in [5, 5.41) is 0.559. The van der Waals surface area contributed by atoms with Gasteiger partial charge in [-0.15, -0.1) is 0 Å². The number of halogens is 2. The van der Waals surface area contributed by atoms with Crippen LogP contribution < -0.4 is 0 Å². The van der Waals surface area contributed by atoms with Crippen molar-refractivity contribution in [1.82, 2.24) is 4.90 Å². The maximum atomic E-state index is 13.2. The number of carbonyl (C=O) groups is 1. The number of carbonyl (C=O) groups excluding carboxylic acids is 1. The number of ether oxygens (including phenoxy) is 1. The van der Waals surface area contributed by atoms with E-state index in [4.69, 9.17) is 16.3 Å². The Morgan fingerprint density at radius 1 is 1.53 bits per heavy atom. The third-order valence-electron chi connectivity index (χ3n) is 3.38. The van der Waals surface area contributed by atoms with Gasteiger partial charge in [-0.25, -0.2) is 4.39 Å². The predicted octanol–water partition coefficient (Wildman–Crippen LogP) is 2.52. The van der Waals surface area contributed by atoms with Gasteiger partial charge in [0.25, 0.3) is 0 Å². The van der Waals surface area contributed by atoms with Crippen LogP contribution in [0.3, 0.4) is 0 Å². The van der Waals surface area contributed by atoms with Crippen LogP contribution in [0.15, 0.2) is 18.2 Å². The van der Waals surface area contributed by atoms with Gasteiger partial charge in [0.15, 0.2) is 0 Å². The van der Waals surface area contributed by atoms with E-state index in [0.717, 1.165) is 5.56 Å². The Hall–Kier alpha value is -1.13. The van der Waals surface area contributed by atoms with Crippen molar-refractivity contribution in [3.05, 3.63) is 34.6 Å². The summed E-state index contributed by atoms with van der Waals surface area (Å²) < 4.78 is 18.2. The van der Waals surface area contributed by atoms with Crippen molar-refractivity contribution in [2.45, 2.75) is 12.8 Å². The number of rotatable bonds is 5. The fourth-order valence-corrected chi connectivity index (χ4v) is 2.61. The van der Waals surface area contributed by atoms with Crippen molar-refractivity contribution < 1.29 is 13.9 Å². The summed E-state index contributed by atoms with van der Waals surface area (Å²) in [6, 6.07) is 4.35. The first-order chi connectivity index (χ1) is 9.10. The Morgan fingerprint density at radius 2 is 2.32 bits per heavy atom. The number of nitrogens with zero attached hydrogens (tertiary/aromatic N) is 1. The highest BCUT2D eigenvalue weighted by Crippen LogP contribution is 2.26. The number of likely N-dealkylation sites (tertiary alicyclic amines) is 1. The minimum Gasteiger partial charge on any atom is -0.383 e. The SMILES string of the molecule is COCCN1C[C@H](Cc2cc(F)ccc2Cl)CC1=O. The first-order valence-electron chi connectivity index (χ1n) is 6.30. The largest absolute Gasteiger partial charge is 0.383 e. The fraction of sp³-hybridized carbons (Fsp3) is 0.500. The lowest BCUT2D eigenvalue weighted by atomic mass is 9.98. The van der Waals surface area contributed by atoms with E-state index in [9.17, 15) is 9.18 Å². The molecule has 0 N–H and O–H groups in total. The molecule has 1 aliphatic rings. The molecule has 0 unspecified atom stereocenters. The standard InChI is InChI=1S/C14H17ClFNO2/c1-19-5-4-17-9-10(7-14(17)18)6-11-8-12(16)2-3-13(11)15/h2-3,8,10H,4-7,9H2,1H3/t10-/m1/s1. The number of methoxy groups -OCH3 is 1. The monoisotopic (exact) mass is 285 g/mol. The van der Waals surface area contributed by atoms with E-state index in [1.54, 1.807) is 18.1 Å². The van der Waals surface area contributed by atoms with Crippen molar-refractivity contribution in [2.24, 2.45) is 5.92 Å². The molecule has 5 heteroatoms. The molecule has 19 heavy (non-hydrogen) atoms. The highest BCUT2D eigenvalue weighted by molar-refractivity contribution is 6.31. The molecule has 0 bridgehead atoms. The summed E-state index contributed by atoms with van der Waals surface area (Å²) in [7, 11) is 1.62. The van der Waals surface area contributed by atoms with Gasteiger partial charge in [-0.05, 0) is 36.1 Å². The molecule has 0 aliphatic carbocycles. The summed E-state index contributed by atoms with van der Waals surface area (Å²) in [6.07, 6.45) is 1.13. The average Bonchev–Trinajstić information content (AvgIpc) is 2.72. The second-order valence-corrected chi connectivity index (χ2v) is 5.25. The zero-order valence-electron chi connectivity index (χ0n) is 10.9. The lowest BCUT2D eigenvalue weighted by molar-refractivity contribution is -0.128. The third-order valence-corrected chi connectivity index (χ3v) is 3.74. The highest BCUT2D eigenvalue weighted by atomic mass is 35.5. The molecular formula is C14H17ClFNO2. The molecule has 0 saturated carbocycles. The Bertz CT molecular complexity index is 467. The molecule has 0 spiro atoms. The maximum absolute atomic E-state index is 13.2. The summed E-state index contributed by atoms with van der Waals surface area (Å²) in [5.74, 6) is 0.0400. The van der Waals surface area contributed by atoms with Crippen molar-refractivity contribution >= 4 is 17.5 Å². The quantitative estimate of drug-likeness (QED) is 0.832. The molecule has 2 rings (SSSR count). The molecule has 1 aromatic rings. The van der Waals surface area contributed by atoms with E-state index in [1.165, 1.54) is 12.1 Å². The molecule has 1 heterocycles. The molecular weight excluding hydrogens is 269 g/mol. The predicted molar refractivity (Wildman–Crippen MR) is 71.7 cm³/mol. The molecule has 0 radical (unpaired) electrons. The van der Waals surface area contributed by atoms with Gasteiger partial charge in [0.2, 0.25) is 5.91 Å². The van der Waals surface area contributed by atoms with Crippen LogP contribution in [0.2, 0.25) is 5.02 Å². The Labute approximate surface area is 117 Å². The fourth-order valence-electron chi connectivity index (χ4n) is 2.42. The van der Waals surface area contributed by atoms with Crippen LogP contribution in [-0.4, -0.2) is 37.6 Å². The maximum Gasteiger partial charge on any atom is 0.223 e. The molecule has 104 valence electrons. The number of amides is 1. The van der Waals surface area contributed by atoms with Crippen LogP contribution in [0.5, 0.6) is 0 Å². The molecule has 1 saturated heterocycles. The second-order valence-electron chi connectivity index (χ2n) is 4.84. The Balaban J connectivity index is 1.97. The van der Waals surface area contributed by atoms with Crippen LogP contribution >= 0.6 is 11.6 Å². The van der Waals surface area contributed by atoms with Gasteiger partial charge in [-0.2, -0.15) is 0 Å². The van der Waals surface area contributed by atoms with Gasteiger partial charge < -0.3 is 9.64 Å². The van der Waals surface area contributed by atoms with Gasteiger partial charge >= 0.3 is 0 Å². The number of hydrogen-bond donors (Lipinski definition) is 0. The van der Waals surface area contributed by atoms with Gasteiger partial charge in [0, 0.05) is 31.6 Å². The minimum absolute atomic E-state index is 0.134. The van der Waals surface area contributed by atoms with E-state index < -0.39 is 0 Å². The van der Waals surface area contributed by atoms with Crippen molar-refractivity contribution in [3.63, 3.8) is 0 Å². The van der Waals surface area contributed by atoms with Crippen LogP contribution in [0, 0.1) is 11.7 Å². The van der Waals surface area contributed by atoms with E-state index in [0.29, 0.717) is 37.6 Å². The molecule has 1 fully saturated rings. The van der Waals surface area contributed by atoms with Crippen molar-refractivity contribution in [3.8, 4) is 0 Å². The summed E-state index contributed by atoms with van der Waals surface area (Å²) >= 11 is 6.05. The van der Waals surface area contributed by atoms with Gasteiger partial charge in [-0.3, -0.25) is 4.79 Å². The van der Waals surface area contributed by atoms with E-state index in [-0.39, 0.29) is 17.6 Å². The van der Waals surface area contributed by atoms with Gasteiger partial charge in [0.1, 0.15) is 5.82 Å². The Kier molecular flexibility index (Phi) is 4.77. The molecule has 0 aromatic heterocycles. The van der Waals surface area contributed by atoms with Crippen molar-refractivity contribution in [1.29, 1.82) is 0 Å². The van der Waals surface area contributed by atoms with Crippen LogP contribution in [0.4, 0.5) is 4.39 Å². The topological polar surface area (TPSA) is 29.5 Å². The van der Waals surface area contributed by atoms with Crippen LogP contribution in [0.25, 0.3) is 0 Å². The minimum atomic E-state index is -0.292. The lowest BCUT2D eigenvalue weighted by Gasteiger charge is -2.16. The van der Waals surface area contributed by atoms with Crippen molar-refractivity contribution in [2.75, 3.05) is 26.8 Å². The van der Waals surface area contributed by atoms with E-state index in [1.807, 2.05) is 0 Å². The lowest BCUT2D eigenvalue weighted by Crippen LogP contribution is -2.28. The molecule has 1 amide bonds. The first-order valence-corrected chi connectivity index (χ1v) is 6.68.